The molecule has 0 radical (unpaired) electrons. The Balaban J connectivity index is 5.21. The van der Waals surface area contributed by atoms with Gasteiger partial charge >= 0.3 is 39.5 Å². The summed E-state index contributed by atoms with van der Waals surface area (Å²) in [4.78, 5) is 73.0. The fraction of sp³-hybridized carbons (Fsp3) is 0.951. The highest BCUT2D eigenvalue weighted by Gasteiger charge is 2.30. The Labute approximate surface area is 613 Å². The van der Waals surface area contributed by atoms with Crippen molar-refractivity contribution < 1.29 is 80.2 Å². The minimum atomic E-state index is -4.96. The van der Waals surface area contributed by atoms with Crippen LogP contribution in [0.25, 0.3) is 0 Å². The number of hydrogen-bond acceptors (Lipinski definition) is 15. The van der Waals surface area contributed by atoms with Gasteiger partial charge in [-0.2, -0.15) is 0 Å². The van der Waals surface area contributed by atoms with E-state index >= 15 is 0 Å². The lowest BCUT2D eigenvalue weighted by atomic mass is 10.0. The van der Waals surface area contributed by atoms with Gasteiger partial charge in [0.15, 0.2) is 12.2 Å². The maximum atomic E-state index is 13.1. The third kappa shape index (κ3) is 74.3. The molecule has 0 bridgehead atoms. The first-order chi connectivity index (χ1) is 48.7. The molecule has 0 fully saturated rings. The number of ether oxygens (including phenoxy) is 4. The predicted molar refractivity (Wildman–Crippen MR) is 409 cm³/mol. The summed E-state index contributed by atoms with van der Waals surface area (Å²) >= 11 is 0. The van der Waals surface area contributed by atoms with Crippen LogP contribution in [0.2, 0.25) is 0 Å². The molecule has 0 aliphatic carbocycles. The second-order valence-corrected chi connectivity index (χ2v) is 32.1. The second-order valence-electron chi connectivity index (χ2n) is 29.2. The van der Waals surface area contributed by atoms with E-state index in [2.05, 4.69) is 27.7 Å². The van der Waals surface area contributed by atoms with Gasteiger partial charge in [-0.1, -0.05) is 387 Å². The molecule has 0 aliphatic rings. The summed E-state index contributed by atoms with van der Waals surface area (Å²) in [7, 11) is -9.92. The van der Waals surface area contributed by atoms with Gasteiger partial charge in [0, 0.05) is 25.7 Å². The van der Waals surface area contributed by atoms with Crippen LogP contribution in [0, 0.1) is 0 Å². The smallest absolute Gasteiger partial charge is 0.462 e. The quantitative estimate of drug-likeness (QED) is 0.0222. The number of carbonyl (C=O) groups excluding carboxylic acids is 4. The van der Waals surface area contributed by atoms with Crippen molar-refractivity contribution in [3.8, 4) is 0 Å². The lowest BCUT2D eigenvalue weighted by molar-refractivity contribution is -0.161. The maximum absolute atomic E-state index is 13.1. The molecule has 594 valence electrons. The first-order valence-corrected chi connectivity index (χ1v) is 45.3. The van der Waals surface area contributed by atoms with E-state index in [1.165, 1.54) is 270 Å². The zero-order valence-corrected chi connectivity index (χ0v) is 67.0. The number of rotatable bonds is 82. The fourth-order valence-corrected chi connectivity index (χ4v) is 14.2. The van der Waals surface area contributed by atoms with Crippen LogP contribution in [0.5, 0.6) is 0 Å². The van der Waals surface area contributed by atoms with E-state index < -0.39 is 97.5 Å². The van der Waals surface area contributed by atoms with Gasteiger partial charge in [-0.25, -0.2) is 9.13 Å². The van der Waals surface area contributed by atoms with Crippen LogP contribution in [-0.2, 0) is 65.4 Å². The van der Waals surface area contributed by atoms with Crippen molar-refractivity contribution in [2.24, 2.45) is 0 Å². The van der Waals surface area contributed by atoms with Crippen LogP contribution >= 0.6 is 15.6 Å². The SMILES string of the molecule is CCCCCCCCCCCCCCCCCCCCCC(=O)O[C@H](COC(=O)CCCCCCCCCCCCCCCCCCC)COP(=O)(O)OC[C@@H](O)COP(=O)(O)OC[C@@H](COC(=O)CCCCCCCCCCC)OC(=O)CCCCCCCCCCCCCCCCC. The number of esters is 4. The summed E-state index contributed by atoms with van der Waals surface area (Å²) in [6, 6.07) is 0. The van der Waals surface area contributed by atoms with Crippen molar-refractivity contribution >= 4 is 39.5 Å². The van der Waals surface area contributed by atoms with Crippen molar-refractivity contribution in [3.63, 3.8) is 0 Å². The van der Waals surface area contributed by atoms with Crippen molar-refractivity contribution in [2.75, 3.05) is 39.6 Å². The zero-order chi connectivity index (χ0) is 73.2. The zero-order valence-electron chi connectivity index (χ0n) is 65.2. The Morgan fingerprint density at radius 2 is 0.400 bits per heavy atom. The van der Waals surface area contributed by atoms with Crippen molar-refractivity contribution in [2.45, 2.75) is 457 Å². The van der Waals surface area contributed by atoms with Gasteiger partial charge in [0.05, 0.1) is 26.4 Å². The number of phosphoric ester groups is 2. The standard InChI is InChI=1S/C81H158O17P2/c1-5-9-13-17-21-25-28-31-34-36-37-39-42-45-48-52-56-60-64-68-81(86)98-77(72-92-79(84)66-62-58-54-50-46-43-41-38-35-32-29-26-22-18-14-10-6-2)74-96-100(89,90)94-70-75(82)69-93-99(87,88)95-73-76(71-91-78(83)65-61-57-53-49-24-20-16-12-8-4)97-80(85)67-63-59-55-51-47-44-40-33-30-27-23-19-15-11-7-3/h75-77,82H,5-74H2,1-4H3,(H,87,88)(H,89,90)/t75-,76+,77+/m0/s1. The molecule has 17 nitrogen and oxygen atoms in total. The summed E-state index contributed by atoms with van der Waals surface area (Å²) < 4.78 is 68.7. The van der Waals surface area contributed by atoms with E-state index in [4.69, 9.17) is 37.0 Å². The number of unbranched alkanes of at least 4 members (excludes halogenated alkanes) is 56. The molecule has 0 spiro atoms. The molecular formula is C81H158O17P2. The summed E-state index contributed by atoms with van der Waals surface area (Å²) in [5, 5.41) is 10.6. The molecule has 2 unspecified atom stereocenters. The Bertz CT molecular complexity index is 1890. The van der Waals surface area contributed by atoms with E-state index in [1.807, 2.05) is 0 Å². The van der Waals surface area contributed by atoms with Gasteiger partial charge in [-0.15, -0.1) is 0 Å². The summed E-state index contributed by atoms with van der Waals surface area (Å²) in [5.41, 5.74) is 0. The molecule has 5 atom stereocenters. The van der Waals surface area contributed by atoms with Crippen LogP contribution in [0.15, 0.2) is 0 Å². The average Bonchev–Trinajstić information content (AvgIpc) is 0.967. The van der Waals surface area contributed by atoms with Crippen LogP contribution in [0.1, 0.15) is 439 Å². The monoisotopic (exact) mass is 1470 g/mol. The van der Waals surface area contributed by atoms with Crippen LogP contribution < -0.4 is 0 Å². The van der Waals surface area contributed by atoms with Gasteiger partial charge in [0.2, 0.25) is 0 Å². The highest BCUT2D eigenvalue weighted by atomic mass is 31.2. The van der Waals surface area contributed by atoms with Crippen molar-refractivity contribution in [1.82, 2.24) is 0 Å². The van der Waals surface area contributed by atoms with Gasteiger partial charge in [-0.05, 0) is 25.7 Å². The average molecular weight is 1470 g/mol. The lowest BCUT2D eigenvalue weighted by Gasteiger charge is -2.21. The van der Waals surface area contributed by atoms with E-state index in [0.29, 0.717) is 25.7 Å². The molecule has 0 saturated heterocycles. The maximum Gasteiger partial charge on any atom is 0.472 e. The topological polar surface area (TPSA) is 237 Å². The number of hydrogen-bond donors (Lipinski definition) is 3. The Morgan fingerprint density at radius 1 is 0.240 bits per heavy atom. The van der Waals surface area contributed by atoms with Crippen molar-refractivity contribution in [3.05, 3.63) is 0 Å². The molecule has 0 aliphatic heterocycles. The van der Waals surface area contributed by atoms with Crippen LogP contribution in [0.4, 0.5) is 0 Å². The normalized spacial score (nSPS) is 13.8. The highest BCUT2D eigenvalue weighted by Crippen LogP contribution is 2.45. The fourth-order valence-electron chi connectivity index (χ4n) is 12.6. The molecule has 0 aromatic carbocycles. The number of aliphatic hydroxyl groups is 1. The summed E-state index contributed by atoms with van der Waals surface area (Å²) in [6.45, 7) is 5.02. The Kier molecular flexibility index (Phi) is 73.8. The molecule has 19 heteroatoms. The van der Waals surface area contributed by atoms with Gasteiger partial charge in [-0.3, -0.25) is 37.3 Å². The van der Waals surface area contributed by atoms with Gasteiger partial charge in [0.1, 0.15) is 19.3 Å². The van der Waals surface area contributed by atoms with Crippen molar-refractivity contribution in [1.29, 1.82) is 0 Å². The molecule has 0 aromatic rings. The summed E-state index contributed by atoms with van der Waals surface area (Å²) in [5.74, 6) is -2.10. The minimum Gasteiger partial charge on any atom is -0.462 e. The van der Waals surface area contributed by atoms with Gasteiger partial charge in [0.25, 0.3) is 0 Å². The largest absolute Gasteiger partial charge is 0.472 e. The van der Waals surface area contributed by atoms with E-state index in [1.54, 1.807) is 0 Å². The molecule has 100 heavy (non-hydrogen) atoms. The molecule has 0 aromatic heterocycles. The number of aliphatic hydroxyl groups excluding tert-OH is 1. The van der Waals surface area contributed by atoms with E-state index in [9.17, 15) is 43.2 Å². The summed E-state index contributed by atoms with van der Waals surface area (Å²) in [6.07, 6.45) is 68.0. The first-order valence-electron chi connectivity index (χ1n) is 42.3. The van der Waals surface area contributed by atoms with Gasteiger partial charge < -0.3 is 33.8 Å². The van der Waals surface area contributed by atoms with E-state index in [0.717, 1.165) is 89.9 Å². The number of phosphoric acid groups is 2. The molecule has 3 N–H and O–H groups in total. The number of carbonyl (C=O) groups is 4. The minimum absolute atomic E-state index is 0.109. The lowest BCUT2D eigenvalue weighted by Crippen LogP contribution is -2.30. The van der Waals surface area contributed by atoms with Crippen LogP contribution in [0.3, 0.4) is 0 Å². The third-order valence-electron chi connectivity index (χ3n) is 19.1. The first kappa shape index (κ1) is 98.1. The highest BCUT2D eigenvalue weighted by molar-refractivity contribution is 7.47. The third-order valence-corrected chi connectivity index (χ3v) is 21.0. The molecule has 0 saturated carbocycles. The molecule has 0 rings (SSSR count). The molecular weight excluding hydrogens is 1310 g/mol. The van der Waals surface area contributed by atoms with Crippen LogP contribution in [-0.4, -0.2) is 96.7 Å². The Hall–Kier alpha value is -1.94. The van der Waals surface area contributed by atoms with E-state index in [-0.39, 0.29) is 25.7 Å². The Morgan fingerprint density at radius 3 is 0.590 bits per heavy atom. The second kappa shape index (κ2) is 75.3. The molecule has 0 amide bonds. The molecule has 0 heterocycles. The predicted octanol–water partition coefficient (Wildman–Crippen LogP) is 24.6.